The van der Waals surface area contributed by atoms with Crippen LogP contribution < -0.4 is 15.5 Å². The molecule has 5 fully saturated rings. The Morgan fingerprint density at radius 3 is 2.26 bits per heavy atom. The summed E-state index contributed by atoms with van der Waals surface area (Å²) in [7, 11) is 0. The van der Waals surface area contributed by atoms with Crippen molar-refractivity contribution in [2.24, 2.45) is 17.8 Å². The smallest absolute Gasteiger partial charge is 0.315 e. The van der Waals surface area contributed by atoms with E-state index in [-0.39, 0.29) is 17.5 Å². The monoisotopic (exact) mass is 445 g/mol. The molecule has 1 saturated heterocycles. The fourth-order valence-electron chi connectivity index (χ4n) is 6.73. The first kappa shape index (κ1) is 20.9. The van der Waals surface area contributed by atoms with E-state index in [1.54, 1.807) is 6.20 Å². The zero-order chi connectivity index (χ0) is 21.4. The lowest BCUT2D eigenvalue weighted by molar-refractivity contribution is -0.131. The molecule has 1 aliphatic heterocycles. The van der Waals surface area contributed by atoms with Gasteiger partial charge in [0, 0.05) is 50.9 Å². The maximum Gasteiger partial charge on any atom is 0.315 e. The molecule has 4 aliphatic carbocycles. The van der Waals surface area contributed by atoms with Crippen LogP contribution in [0.3, 0.4) is 0 Å². The summed E-state index contributed by atoms with van der Waals surface area (Å²) in [6.45, 7) is 3.22. The van der Waals surface area contributed by atoms with E-state index in [1.807, 2.05) is 17.0 Å². The van der Waals surface area contributed by atoms with Gasteiger partial charge in [-0.25, -0.2) is 9.78 Å². The van der Waals surface area contributed by atoms with Gasteiger partial charge in [-0.05, 0) is 68.4 Å². The molecule has 6 rings (SSSR count). The van der Waals surface area contributed by atoms with Crippen molar-refractivity contribution < 1.29 is 9.59 Å². The van der Waals surface area contributed by atoms with Crippen molar-refractivity contribution >= 4 is 29.4 Å². The summed E-state index contributed by atoms with van der Waals surface area (Å²) in [5, 5.41) is 6.87. The van der Waals surface area contributed by atoms with Crippen LogP contribution in [0, 0.1) is 17.8 Å². The fourth-order valence-corrected chi connectivity index (χ4v) is 6.84. The molecule has 4 saturated carbocycles. The minimum atomic E-state index is -0.103. The largest absolute Gasteiger partial charge is 0.353 e. The van der Waals surface area contributed by atoms with Gasteiger partial charge in [-0.1, -0.05) is 11.6 Å². The number of carbonyl (C=O) groups is 2. The van der Waals surface area contributed by atoms with Gasteiger partial charge >= 0.3 is 6.03 Å². The van der Waals surface area contributed by atoms with E-state index in [0.717, 1.165) is 55.9 Å². The van der Waals surface area contributed by atoms with Crippen molar-refractivity contribution in [3.63, 3.8) is 0 Å². The van der Waals surface area contributed by atoms with Crippen molar-refractivity contribution in [2.75, 3.05) is 37.6 Å². The van der Waals surface area contributed by atoms with E-state index in [1.165, 1.54) is 19.3 Å². The molecule has 0 radical (unpaired) electrons. The third-order valence-electron chi connectivity index (χ3n) is 7.71. The number of anilines is 1. The third-order valence-corrected chi connectivity index (χ3v) is 7.93. The van der Waals surface area contributed by atoms with Crippen LogP contribution in [-0.4, -0.2) is 60.1 Å². The van der Waals surface area contributed by atoms with Gasteiger partial charge in [0.25, 0.3) is 0 Å². The summed E-state index contributed by atoms with van der Waals surface area (Å²) >= 11 is 5.91. The summed E-state index contributed by atoms with van der Waals surface area (Å²) in [5.74, 6) is 3.39. The number of pyridine rings is 1. The molecule has 31 heavy (non-hydrogen) atoms. The highest BCUT2D eigenvalue weighted by molar-refractivity contribution is 6.30. The van der Waals surface area contributed by atoms with Crippen LogP contribution in [0.1, 0.15) is 44.9 Å². The predicted molar refractivity (Wildman–Crippen MR) is 120 cm³/mol. The molecule has 8 heteroatoms. The number of urea groups is 1. The molecule has 0 spiro atoms. The number of amides is 3. The second-order valence-corrected chi connectivity index (χ2v) is 10.5. The fraction of sp³-hybridized carbons (Fsp3) is 0.696. The average Bonchev–Trinajstić information content (AvgIpc) is 2.73. The van der Waals surface area contributed by atoms with Crippen molar-refractivity contribution in [3.05, 3.63) is 23.4 Å². The number of hydrogen-bond donors (Lipinski definition) is 2. The SMILES string of the molecule is O=C(NCCC(=O)N1CCN(c2ccc(Cl)cn2)CC1)NC12CC3CC(CC(C3)C1)C2. The normalized spacial score (nSPS) is 31.6. The highest BCUT2D eigenvalue weighted by Gasteiger charge is 2.51. The van der Waals surface area contributed by atoms with E-state index in [4.69, 9.17) is 11.6 Å². The van der Waals surface area contributed by atoms with Crippen molar-refractivity contribution in [3.8, 4) is 0 Å². The van der Waals surface area contributed by atoms with Gasteiger partial charge in [0.1, 0.15) is 5.82 Å². The number of piperazine rings is 1. The second kappa shape index (κ2) is 8.49. The van der Waals surface area contributed by atoms with Gasteiger partial charge in [0.05, 0.1) is 5.02 Å². The first-order valence-corrected chi connectivity index (χ1v) is 12.1. The van der Waals surface area contributed by atoms with Gasteiger partial charge in [-0.15, -0.1) is 0 Å². The number of nitrogens with zero attached hydrogens (tertiary/aromatic N) is 3. The number of rotatable bonds is 5. The van der Waals surface area contributed by atoms with Crippen LogP contribution in [0.25, 0.3) is 0 Å². The standard InChI is InChI=1S/C23H32ClN5O2/c24-19-1-2-20(26-15-19)28-5-7-29(8-6-28)21(30)3-4-25-22(31)27-23-12-16-9-17(13-23)11-18(10-16)14-23/h1-2,15-18H,3-14H2,(H2,25,27,31). The van der Waals surface area contributed by atoms with Crippen LogP contribution in [0.4, 0.5) is 10.6 Å². The van der Waals surface area contributed by atoms with Gasteiger partial charge in [-0.3, -0.25) is 4.79 Å². The molecule has 168 valence electrons. The summed E-state index contributed by atoms with van der Waals surface area (Å²) in [4.78, 5) is 33.5. The van der Waals surface area contributed by atoms with Crippen LogP contribution in [-0.2, 0) is 4.79 Å². The Balaban J connectivity index is 1.03. The Morgan fingerprint density at radius 2 is 1.68 bits per heavy atom. The Labute approximate surface area is 188 Å². The molecule has 1 aromatic heterocycles. The highest BCUT2D eigenvalue weighted by atomic mass is 35.5. The van der Waals surface area contributed by atoms with Gasteiger partial charge < -0.3 is 20.4 Å². The van der Waals surface area contributed by atoms with Crippen molar-refractivity contribution in [1.29, 1.82) is 0 Å². The predicted octanol–water partition coefficient (Wildman–Crippen LogP) is 3.04. The maximum atomic E-state index is 12.6. The van der Waals surface area contributed by atoms with Crippen molar-refractivity contribution in [2.45, 2.75) is 50.5 Å². The first-order chi connectivity index (χ1) is 15.0. The molecule has 5 aliphatic rings. The van der Waals surface area contributed by atoms with Crippen LogP contribution in [0.5, 0.6) is 0 Å². The average molecular weight is 446 g/mol. The van der Waals surface area contributed by atoms with E-state index >= 15 is 0 Å². The van der Waals surface area contributed by atoms with Gasteiger partial charge in [-0.2, -0.15) is 0 Å². The molecule has 2 N–H and O–H groups in total. The van der Waals surface area contributed by atoms with E-state index in [9.17, 15) is 9.59 Å². The van der Waals surface area contributed by atoms with Crippen LogP contribution in [0.15, 0.2) is 18.3 Å². The summed E-state index contributed by atoms with van der Waals surface area (Å²) in [6.07, 6.45) is 9.48. The number of halogens is 1. The number of hydrogen-bond acceptors (Lipinski definition) is 4. The lowest BCUT2D eigenvalue weighted by Crippen LogP contribution is -2.61. The van der Waals surface area contributed by atoms with E-state index < -0.39 is 0 Å². The van der Waals surface area contributed by atoms with Crippen molar-refractivity contribution in [1.82, 2.24) is 20.5 Å². The molecule has 2 heterocycles. The minimum absolute atomic E-state index is 0.00880. The Hall–Kier alpha value is -2.02. The molecular formula is C23H32ClN5O2. The zero-order valence-corrected chi connectivity index (χ0v) is 18.7. The maximum absolute atomic E-state index is 12.6. The Bertz CT molecular complexity index is 786. The lowest BCUT2D eigenvalue weighted by Gasteiger charge is -2.56. The molecule has 0 atom stereocenters. The second-order valence-electron chi connectivity index (χ2n) is 10.0. The summed E-state index contributed by atoms with van der Waals surface area (Å²) < 4.78 is 0. The molecule has 0 unspecified atom stereocenters. The highest BCUT2D eigenvalue weighted by Crippen LogP contribution is 2.55. The summed E-state index contributed by atoms with van der Waals surface area (Å²) in [5.41, 5.74) is 0.00880. The Morgan fingerprint density at radius 1 is 1.03 bits per heavy atom. The topological polar surface area (TPSA) is 77.6 Å². The van der Waals surface area contributed by atoms with E-state index in [2.05, 4.69) is 20.5 Å². The number of carbonyl (C=O) groups excluding carboxylic acids is 2. The number of nitrogens with one attached hydrogen (secondary N) is 2. The van der Waals surface area contributed by atoms with Gasteiger partial charge in [0.2, 0.25) is 5.91 Å². The molecule has 7 nitrogen and oxygen atoms in total. The summed E-state index contributed by atoms with van der Waals surface area (Å²) in [6, 6.07) is 3.64. The molecule has 0 aromatic carbocycles. The minimum Gasteiger partial charge on any atom is -0.353 e. The molecular weight excluding hydrogens is 414 g/mol. The lowest BCUT2D eigenvalue weighted by atomic mass is 9.53. The number of aromatic nitrogens is 1. The van der Waals surface area contributed by atoms with Gasteiger partial charge in [0.15, 0.2) is 0 Å². The quantitative estimate of drug-likeness (QED) is 0.730. The zero-order valence-electron chi connectivity index (χ0n) is 18.0. The molecule has 4 bridgehead atoms. The molecule has 1 aromatic rings. The third kappa shape index (κ3) is 4.61. The van der Waals surface area contributed by atoms with E-state index in [0.29, 0.717) is 31.1 Å². The Kier molecular flexibility index (Phi) is 5.71. The van der Waals surface area contributed by atoms with Crippen LogP contribution in [0.2, 0.25) is 5.02 Å². The first-order valence-electron chi connectivity index (χ1n) is 11.7. The molecule has 3 amide bonds. The van der Waals surface area contributed by atoms with Crippen LogP contribution >= 0.6 is 11.6 Å².